The number of carboxylic acid groups (broad SMARTS) is 1. The zero-order chi connectivity index (χ0) is 12.3. The first-order valence-electron chi connectivity index (χ1n) is 5.68. The Morgan fingerprint density at radius 1 is 1.56 bits per heavy atom. The first-order valence-corrected chi connectivity index (χ1v) is 5.68. The largest absolute Gasteiger partial charge is 0.480 e. The Labute approximate surface area is 96.0 Å². The summed E-state index contributed by atoms with van der Waals surface area (Å²) < 4.78 is 5.39. The number of nitrogens with zero attached hydrogens (tertiary/aromatic N) is 1. The molecule has 16 heavy (non-hydrogen) atoms. The van der Waals surface area contributed by atoms with Gasteiger partial charge in [0, 0.05) is 12.6 Å². The van der Waals surface area contributed by atoms with Gasteiger partial charge in [-0.2, -0.15) is 0 Å². The first-order chi connectivity index (χ1) is 7.47. The highest BCUT2D eigenvalue weighted by Crippen LogP contribution is 2.20. The van der Waals surface area contributed by atoms with Crippen molar-refractivity contribution in [3.05, 3.63) is 0 Å². The zero-order valence-electron chi connectivity index (χ0n) is 10.1. The lowest BCUT2D eigenvalue weighted by molar-refractivity contribution is -0.154. The normalized spacial score (nSPS) is 29.3. The van der Waals surface area contributed by atoms with Crippen LogP contribution in [-0.4, -0.2) is 59.0 Å². The summed E-state index contributed by atoms with van der Waals surface area (Å²) in [5.74, 6) is -0.766. The van der Waals surface area contributed by atoms with Crippen LogP contribution >= 0.6 is 0 Å². The van der Waals surface area contributed by atoms with Crippen LogP contribution in [0.25, 0.3) is 0 Å². The molecule has 1 rings (SSSR count). The predicted octanol–water partition coefficient (Wildman–Crippen LogP) is 0.177. The average molecular weight is 231 g/mol. The molecule has 1 aliphatic heterocycles. The number of aliphatic hydroxyl groups excluding tert-OH is 1. The molecule has 0 saturated carbocycles. The summed E-state index contributed by atoms with van der Waals surface area (Å²) in [7, 11) is 0. The maximum atomic E-state index is 11.2. The lowest BCUT2D eigenvalue weighted by Gasteiger charge is -2.42. The minimum atomic E-state index is -0.805. The van der Waals surface area contributed by atoms with E-state index in [9.17, 15) is 9.90 Å². The minimum Gasteiger partial charge on any atom is -0.480 e. The van der Waals surface area contributed by atoms with Crippen LogP contribution in [0.2, 0.25) is 0 Å². The second kappa shape index (κ2) is 5.61. The van der Waals surface area contributed by atoms with Gasteiger partial charge in [-0.15, -0.1) is 0 Å². The van der Waals surface area contributed by atoms with Crippen LogP contribution in [0.1, 0.15) is 20.8 Å². The van der Waals surface area contributed by atoms with Crippen molar-refractivity contribution in [2.45, 2.75) is 39.0 Å². The van der Waals surface area contributed by atoms with Gasteiger partial charge in [0.05, 0.1) is 19.3 Å². The van der Waals surface area contributed by atoms with Crippen LogP contribution < -0.4 is 0 Å². The number of ether oxygens (including phenoxy) is 1. The Kier molecular flexibility index (Phi) is 4.70. The fraction of sp³-hybridized carbons (Fsp3) is 0.909. The molecular weight excluding hydrogens is 210 g/mol. The smallest absolute Gasteiger partial charge is 0.321 e. The van der Waals surface area contributed by atoms with Crippen LogP contribution in [0.5, 0.6) is 0 Å². The molecule has 3 atom stereocenters. The molecule has 1 aliphatic rings. The summed E-state index contributed by atoms with van der Waals surface area (Å²) in [5.41, 5.74) is 0. The van der Waals surface area contributed by atoms with Gasteiger partial charge in [0.15, 0.2) is 0 Å². The predicted molar refractivity (Wildman–Crippen MR) is 59.3 cm³/mol. The van der Waals surface area contributed by atoms with Gasteiger partial charge in [-0.05, 0) is 12.8 Å². The SMILES string of the molecule is CC(C)C(C(=O)O)N1CC(CO)OCC1C. The van der Waals surface area contributed by atoms with Crippen molar-refractivity contribution in [2.24, 2.45) is 5.92 Å². The van der Waals surface area contributed by atoms with Gasteiger partial charge in [0.2, 0.25) is 0 Å². The van der Waals surface area contributed by atoms with Gasteiger partial charge in [-0.1, -0.05) is 13.8 Å². The molecule has 2 N–H and O–H groups in total. The average Bonchev–Trinajstić information content (AvgIpc) is 2.20. The molecule has 94 valence electrons. The molecule has 3 unspecified atom stereocenters. The van der Waals surface area contributed by atoms with Crippen molar-refractivity contribution in [1.29, 1.82) is 0 Å². The highest BCUT2D eigenvalue weighted by Gasteiger charge is 2.36. The lowest BCUT2D eigenvalue weighted by Crippen LogP contribution is -2.57. The molecule has 5 nitrogen and oxygen atoms in total. The summed E-state index contributed by atoms with van der Waals surface area (Å²) in [5, 5.41) is 18.3. The zero-order valence-corrected chi connectivity index (χ0v) is 10.1. The van der Waals surface area contributed by atoms with Crippen molar-refractivity contribution in [1.82, 2.24) is 4.90 Å². The third-order valence-electron chi connectivity index (χ3n) is 3.00. The first kappa shape index (κ1) is 13.4. The molecule has 1 heterocycles. The fourth-order valence-corrected chi connectivity index (χ4v) is 2.15. The highest BCUT2D eigenvalue weighted by atomic mass is 16.5. The number of rotatable bonds is 4. The van der Waals surface area contributed by atoms with E-state index >= 15 is 0 Å². The van der Waals surface area contributed by atoms with Crippen molar-refractivity contribution in [3.63, 3.8) is 0 Å². The Morgan fingerprint density at radius 3 is 2.62 bits per heavy atom. The summed E-state index contributed by atoms with van der Waals surface area (Å²) in [6.07, 6.45) is -0.267. The number of hydrogen-bond acceptors (Lipinski definition) is 4. The summed E-state index contributed by atoms with van der Waals surface area (Å²) >= 11 is 0. The Bertz CT molecular complexity index is 244. The fourth-order valence-electron chi connectivity index (χ4n) is 2.15. The maximum Gasteiger partial charge on any atom is 0.321 e. The number of hydrogen-bond donors (Lipinski definition) is 2. The molecule has 5 heteroatoms. The summed E-state index contributed by atoms with van der Waals surface area (Å²) in [4.78, 5) is 13.1. The van der Waals surface area contributed by atoms with E-state index in [0.29, 0.717) is 13.2 Å². The maximum absolute atomic E-state index is 11.2. The molecule has 0 aromatic rings. The van der Waals surface area contributed by atoms with Crippen molar-refractivity contribution >= 4 is 5.97 Å². The summed E-state index contributed by atoms with van der Waals surface area (Å²) in [6.45, 7) is 6.64. The molecule has 0 aliphatic carbocycles. The molecule has 0 radical (unpaired) electrons. The molecular formula is C11H21NO4. The van der Waals surface area contributed by atoms with E-state index in [4.69, 9.17) is 9.84 Å². The van der Waals surface area contributed by atoms with Gasteiger partial charge in [-0.25, -0.2) is 0 Å². The number of carboxylic acids is 1. The number of aliphatic carboxylic acids is 1. The molecule has 1 fully saturated rings. The second-order valence-electron chi connectivity index (χ2n) is 4.71. The summed E-state index contributed by atoms with van der Waals surface area (Å²) in [6, 6.07) is -0.431. The van der Waals surface area contributed by atoms with Gasteiger partial charge in [0.1, 0.15) is 6.04 Å². The molecule has 0 amide bonds. The third kappa shape index (κ3) is 2.93. The molecule has 0 bridgehead atoms. The van der Waals surface area contributed by atoms with Gasteiger partial charge in [-0.3, -0.25) is 9.69 Å². The number of carbonyl (C=O) groups is 1. The third-order valence-corrected chi connectivity index (χ3v) is 3.00. The van der Waals surface area contributed by atoms with Crippen molar-refractivity contribution < 1.29 is 19.7 Å². The van der Waals surface area contributed by atoms with E-state index in [1.54, 1.807) is 0 Å². The number of aliphatic hydroxyl groups is 1. The second-order valence-corrected chi connectivity index (χ2v) is 4.71. The van der Waals surface area contributed by atoms with E-state index in [1.807, 2.05) is 25.7 Å². The molecule has 0 spiro atoms. The van der Waals surface area contributed by atoms with Crippen LogP contribution in [0, 0.1) is 5.92 Å². The van der Waals surface area contributed by atoms with E-state index in [-0.39, 0.29) is 24.7 Å². The van der Waals surface area contributed by atoms with E-state index in [1.165, 1.54) is 0 Å². The molecule has 1 saturated heterocycles. The van der Waals surface area contributed by atoms with Crippen LogP contribution in [0.4, 0.5) is 0 Å². The van der Waals surface area contributed by atoms with Gasteiger partial charge in [0.25, 0.3) is 0 Å². The van der Waals surface area contributed by atoms with Crippen molar-refractivity contribution in [2.75, 3.05) is 19.8 Å². The van der Waals surface area contributed by atoms with Gasteiger partial charge >= 0.3 is 5.97 Å². The quantitative estimate of drug-likeness (QED) is 0.722. The lowest BCUT2D eigenvalue weighted by atomic mass is 9.99. The minimum absolute atomic E-state index is 0.0393. The standard InChI is InChI=1S/C11H21NO4/c1-7(2)10(11(14)15)12-4-9(5-13)16-6-8(12)3/h7-10,13H,4-6H2,1-3H3,(H,14,15). The molecule has 0 aromatic heterocycles. The highest BCUT2D eigenvalue weighted by molar-refractivity contribution is 5.73. The number of morpholine rings is 1. The van der Waals surface area contributed by atoms with Crippen LogP contribution in [0.3, 0.4) is 0 Å². The van der Waals surface area contributed by atoms with Crippen LogP contribution in [-0.2, 0) is 9.53 Å². The van der Waals surface area contributed by atoms with E-state index in [0.717, 1.165) is 0 Å². The monoisotopic (exact) mass is 231 g/mol. The van der Waals surface area contributed by atoms with E-state index in [2.05, 4.69) is 0 Å². The Hall–Kier alpha value is -0.650. The van der Waals surface area contributed by atoms with E-state index < -0.39 is 12.0 Å². The van der Waals surface area contributed by atoms with Gasteiger partial charge < -0.3 is 14.9 Å². The molecule has 0 aromatic carbocycles. The topological polar surface area (TPSA) is 70.0 Å². The Balaban J connectivity index is 2.76. The van der Waals surface area contributed by atoms with Crippen molar-refractivity contribution in [3.8, 4) is 0 Å². The van der Waals surface area contributed by atoms with Crippen LogP contribution in [0.15, 0.2) is 0 Å². The Morgan fingerprint density at radius 2 is 2.19 bits per heavy atom.